The number of nitrogens with zero attached hydrogens (tertiary/aromatic N) is 2. The Bertz CT molecular complexity index is 497. The maximum atomic E-state index is 12.1. The van der Waals surface area contributed by atoms with Gasteiger partial charge in [-0.1, -0.05) is 20.8 Å². The lowest BCUT2D eigenvalue weighted by Gasteiger charge is -2.35. The molecule has 1 aromatic rings. The van der Waals surface area contributed by atoms with Crippen LogP contribution in [0.1, 0.15) is 44.0 Å². The Morgan fingerprint density at radius 2 is 2.00 bits per heavy atom. The second-order valence-electron chi connectivity index (χ2n) is 6.50. The summed E-state index contributed by atoms with van der Waals surface area (Å²) in [7, 11) is 0. The zero-order valence-corrected chi connectivity index (χ0v) is 14.5. The summed E-state index contributed by atoms with van der Waals surface area (Å²) in [5.74, 6) is 1.84. The summed E-state index contributed by atoms with van der Waals surface area (Å²) in [4.78, 5) is 18.8. The van der Waals surface area contributed by atoms with Gasteiger partial charge in [-0.2, -0.15) is 0 Å². The first-order chi connectivity index (χ1) is 11.1. The quantitative estimate of drug-likeness (QED) is 0.570. The van der Waals surface area contributed by atoms with Crippen molar-refractivity contribution in [3.8, 4) is 0 Å². The van der Waals surface area contributed by atoms with Crippen LogP contribution in [0.25, 0.3) is 0 Å². The monoisotopic (exact) mass is 320 g/mol. The van der Waals surface area contributed by atoms with Crippen molar-refractivity contribution in [3.05, 3.63) is 23.9 Å². The molecule has 2 atom stereocenters. The number of ether oxygens (including phenoxy) is 2. The first-order valence-corrected chi connectivity index (χ1v) is 8.56. The van der Waals surface area contributed by atoms with Gasteiger partial charge in [-0.15, -0.1) is 0 Å². The van der Waals surface area contributed by atoms with Gasteiger partial charge in [0.25, 0.3) is 0 Å². The van der Waals surface area contributed by atoms with E-state index in [-0.39, 0.29) is 12.6 Å². The molecule has 1 aliphatic heterocycles. The third-order valence-corrected chi connectivity index (χ3v) is 3.98. The van der Waals surface area contributed by atoms with Gasteiger partial charge in [0.2, 0.25) is 0 Å². The number of hydrogen-bond acceptors (Lipinski definition) is 5. The van der Waals surface area contributed by atoms with Crippen molar-refractivity contribution < 1.29 is 14.3 Å². The van der Waals surface area contributed by atoms with Crippen molar-refractivity contribution in [2.75, 3.05) is 37.8 Å². The average Bonchev–Trinajstić information content (AvgIpc) is 2.53. The van der Waals surface area contributed by atoms with Crippen LogP contribution < -0.4 is 4.90 Å². The standard InChI is InChI=1S/C18H28N2O3/c1-4-7-22-8-9-23-18(21)16-5-6-19-17(11-16)20-12-14(2)10-15(3)13-20/h5-6,11,14-15H,4,7-10,12-13H2,1-3H3/t14-,15-/m0/s1. The smallest absolute Gasteiger partial charge is 0.338 e. The van der Waals surface area contributed by atoms with Crippen molar-refractivity contribution in [1.82, 2.24) is 4.98 Å². The molecule has 0 radical (unpaired) electrons. The third kappa shape index (κ3) is 5.50. The number of esters is 1. The Balaban J connectivity index is 1.92. The van der Waals surface area contributed by atoms with Gasteiger partial charge >= 0.3 is 5.97 Å². The van der Waals surface area contributed by atoms with Gasteiger partial charge in [0.15, 0.2) is 0 Å². The molecule has 128 valence electrons. The molecule has 0 unspecified atom stereocenters. The first-order valence-electron chi connectivity index (χ1n) is 8.56. The van der Waals surface area contributed by atoms with Crippen LogP contribution in [-0.2, 0) is 9.47 Å². The maximum absolute atomic E-state index is 12.1. The second kappa shape index (κ2) is 8.87. The SMILES string of the molecule is CCCOCCOC(=O)c1ccnc(N2C[C@@H](C)C[C@H](C)C2)c1. The number of pyridine rings is 1. The highest BCUT2D eigenvalue weighted by Crippen LogP contribution is 2.25. The van der Waals surface area contributed by atoms with Gasteiger partial charge in [0.1, 0.15) is 12.4 Å². The van der Waals surface area contributed by atoms with Crippen LogP contribution in [0.2, 0.25) is 0 Å². The molecule has 2 heterocycles. The number of carbonyl (C=O) groups is 1. The highest BCUT2D eigenvalue weighted by molar-refractivity contribution is 5.90. The fourth-order valence-electron chi connectivity index (χ4n) is 3.09. The van der Waals surface area contributed by atoms with Gasteiger partial charge in [-0.25, -0.2) is 9.78 Å². The number of rotatable bonds is 7. The van der Waals surface area contributed by atoms with E-state index in [2.05, 4.69) is 23.7 Å². The summed E-state index contributed by atoms with van der Waals surface area (Å²) >= 11 is 0. The Hall–Kier alpha value is -1.62. The maximum Gasteiger partial charge on any atom is 0.338 e. The molecule has 0 aliphatic carbocycles. The van der Waals surface area contributed by atoms with Crippen molar-refractivity contribution in [3.63, 3.8) is 0 Å². The van der Waals surface area contributed by atoms with Crippen LogP contribution in [0.3, 0.4) is 0 Å². The predicted molar refractivity (Wildman–Crippen MR) is 90.8 cm³/mol. The van der Waals surface area contributed by atoms with Crippen molar-refractivity contribution >= 4 is 11.8 Å². The Kier molecular flexibility index (Phi) is 6.84. The van der Waals surface area contributed by atoms with Crippen LogP contribution in [0.5, 0.6) is 0 Å². The average molecular weight is 320 g/mol. The summed E-state index contributed by atoms with van der Waals surface area (Å²) in [6, 6.07) is 3.54. The normalized spacial score (nSPS) is 21.3. The fourth-order valence-corrected chi connectivity index (χ4v) is 3.09. The molecule has 5 nitrogen and oxygen atoms in total. The number of carbonyl (C=O) groups excluding carboxylic acids is 1. The van der Waals surface area contributed by atoms with Gasteiger partial charge in [0, 0.05) is 25.9 Å². The third-order valence-electron chi connectivity index (χ3n) is 3.98. The van der Waals surface area contributed by atoms with Crippen molar-refractivity contribution in [1.29, 1.82) is 0 Å². The molecule has 1 fully saturated rings. The largest absolute Gasteiger partial charge is 0.460 e. The summed E-state index contributed by atoms with van der Waals surface area (Å²) in [5.41, 5.74) is 0.552. The molecule has 1 saturated heterocycles. The molecule has 23 heavy (non-hydrogen) atoms. The fraction of sp³-hybridized carbons (Fsp3) is 0.667. The highest BCUT2D eigenvalue weighted by Gasteiger charge is 2.23. The Labute approximate surface area is 139 Å². The molecule has 2 rings (SSSR count). The van der Waals surface area contributed by atoms with Crippen LogP contribution in [0.4, 0.5) is 5.82 Å². The van der Waals surface area contributed by atoms with Crippen molar-refractivity contribution in [2.45, 2.75) is 33.6 Å². The van der Waals surface area contributed by atoms with Gasteiger partial charge < -0.3 is 14.4 Å². The minimum Gasteiger partial charge on any atom is -0.460 e. The lowest BCUT2D eigenvalue weighted by molar-refractivity contribution is 0.0318. The summed E-state index contributed by atoms with van der Waals surface area (Å²) < 4.78 is 10.6. The van der Waals surface area contributed by atoms with Crippen molar-refractivity contribution in [2.24, 2.45) is 11.8 Å². The van der Waals surface area contributed by atoms with E-state index in [1.807, 2.05) is 13.0 Å². The zero-order chi connectivity index (χ0) is 16.7. The predicted octanol–water partition coefficient (Wildman–Crippen LogP) is 3.15. The van der Waals surface area contributed by atoms with E-state index in [4.69, 9.17) is 9.47 Å². The Morgan fingerprint density at radius 3 is 2.70 bits per heavy atom. The van der Waals surface area contributed by atoms with Crippen LogP contribution >= 0.6 is 0 Å². The van der Waals surface area contributed by atoms with Crippen LogP contribution in [-0.4, -0.2) is 43.9 Å². The lowest BCUT2D eigenvalue weighted by Crippen LogP contribution is -2.39. The van der Waals surface area contributed by atoms with Gasteiger partial charge in [0.05, 0.1) is 12.2 Å². The number of hydrogen-bond donors (Lipinski definition) is 0. The Morgan fingerprint density at radius 1 is 1.26 bits per heavy atom. The number of piperidine rings is 1. The number of aromatic nitrogens is 1. The minimum atomic E-state index is -0.313. The molecular weight excluding hydrogens is 292 g/mol. The van der Waals surface area contributed by atoms with Crippen LogP contribution in [0, 0.1) is 11.8 Å². The topological polar surface area (TPSA) is 51.7 Å². The first kappa shape index (κ1) is 17.7. The highest BCUT2D eigenvalue weighted by atomic mass is 16.6. The van der Waals surface area contributed by atoms with E-state index in [0.717, 1.165) is 25.3 Å². The molecule has 1 aliphatic rings. The summed E-state index contributed by atoms with van der Waals surface area (Å²) in [6.07, 6.45) is 3.90. The van der Waals surface area contributed by atoms with E-state index in [0.29, 0.717) is 30.6 Å². The van der Waals surface area contributed by atoms with E-state index in [1.54, 1.807) is 12.3 Å². The molecular formula is C18H28N2O3. The van der Waals surface area contributed by atoms with E-state index in [9.17, 15) is 4.79 Å². The van der Waals surface area contributed by atoms with E-state index in [1.165, 1.54) is 6.42 Å². The molecule has 0 amide bonds. The lowest BCUT2D eigenvalue weighted by atomic mass is 9.92. The van der Waals surface area contributed by atoms with Crippen LogP contribution in [0.15, 0.2) is 18.3 Å². The summed E-state index contributed by atoms with van der Waals surface area (Å²) in [6.45, 7) is 9.97. The molecule has 1 aromatic heterocycles. The minimum absolute atomic E-state index is 0.286. The van der Waals surface area contributed by atoms with E-state index >= 15 is 0 Å². The molecule has 0 N–H and O–H groups in total. The zero-order valence-electron chi connectivity index (χ0n) is 14.5. The molecule has 0 aromatic carbocycles. The molecule has 5 heteroatoms. The number of anilines is 1. The van der Waals surface area contributed by atoms with E-state index < -0.39 is 0 Å². The van der Waals surface area contributed by atoms with Gasteiger partial charge in [-0.05, 0) is 36.8 Å². The summed E-state index contributed by atoms with van der Waals surface area (Å²) in [5, 5.41) is 0. The molecule has 0 spiro atoms. The molecule has 0 saturated carbocycles. The molecule has 0 bridgehead atoms. The van der Waals surface area contributed by atoms with Gasteiger partial charge in [-0.3, -0.25) is 0 Å². The second-order valence-corrected chi connectivity index (χ2v) is 6.50.